The van der Waals surface area contributed by atoms with Crippen LogP contribution in [0.3, 0.4) is 0 Å². The molecule has 38 heavy (non-hydrogen) atoms. The molecule has 0 radical (unpaired) electrons. The van der Waals surface area contributed by atoms with Gasteiger partial charge in [0, 0.05) is 12.7 Å². The summed E-state index contributed by atoms with van der Waals surface area (Å²) in [6, 6.07) is -0.615. The largest absolute Gasteiger partial charge is 0.411 e. The van der Waals surface area contributed by atoms with Crippen LogP contribution in [0.4, 0.5) is 10.1 Å². The van der Waals surface area contributed by atoms with E-state index < -0.39 is 41.1 Å². The molecule has 0 spiro atoms. The summed E-state index contributed by atoms with van der Waals surface area (Å²) in [5, 5.41) is 34.5. The predicted octanol–water partition coefficient (Wildman–Crippen LogP) is 1.72. The van der Waals surface area contributed by atoms with E-state index in [-0.39, 0.29) is 46.5 Å². The SMILES string of the molecule is COCC(c1cc(Cl)n[nH]c1=O)n1cc(NC(=O)[C@@H](NC(=O)C(=N)/C(C)=N\O)C(C2CC2)C2CC2)c(F)n1. The molecule has 2 saturated carbocycles. The van der Waals surface area contributed by atoms with Gasteiger partial charge in [0.25, 0.3) is 17.4 Å². The molecule has 2 atom stereocenters. The number of halogens is 2. The Bertz CT molecular complexity index is 1310. The molecule has 13 nitrogen and oxygen atoms in total. The van der Waals surface area contributed by atoms with Crippen LogP contribution in [0.25, 0.3) is 0 Å². The molecule has 2 aliphatic rings. The van der Waals surface area contributed by atoms with Gasteiger partial charge in [-0.05, 0) is 56.4 Å². The highest BCUT2D eigenvalue weighted by atomic mass is 35.5. The minimum Gasteiger partial charge on any atom is -0.411 e. The molecule has 15 heteroatoms. The smallest absolute Gasteiger partial charge is 0.271 e. The quantitative estimate of drug-likeness (QED) is 0.151. The highest BCUT2D eigenvalue weighted by Gasteiger charge is 2.48. The van der Waals surface area contributed by atoms with Gasteiger partial charge in [-0.25, -0.2) is 5.10 Å². The molecule has 0 aromatic carbocycles. The first-order chi connectivity index (χ1) is 18.1. The Morgan fingerprint density at radius 1 is 1.37 bits per heavy atom. The van der Waals surface area contributed by atoms with Crippen molar-refractivity contribution in [2.75, 3.05) is 19.0 Å². The number of hydrogen-bond donors (Lipinski definition) is 5. The van der Waals surface area contributed by atoms with E-state index in [1.807, 2.05) is 0 Å². The molecular weight excluding hydrogens is 523 g/mol. The summed E-state index contributed by atoms with van der Waals surface area (Å²) in [6.07, 6.45) is 4.84. The first-order valence-corrected chi connectivity index (χ1v) is 12.4. The van der Waals surface area contributed by atoms with E-state index in [2.05, 4.69) is 31.1 Å². The Morgan fingerprint density at radius 3 is 2.61 bits per heavy atom. The third-order valence-corrected chi connectivity index (χ3v) is 6.97. The van der Waals surface area contributed by atoms with Crippen molar-refractivity contribution in [2.24, 2.45) is 22.9 Å². The van der Waals surface area contributed by atoms with E-state index in [1.54, 1.807) is 0 Å². The number of rotatable bonds is 12. The number of aromatic amines is 1. The number of nitrogens with one attached hydrogen (secondary N) is 4. The van der Waals surface area contributed by atoms with Gasteiger partial charge in [0.15, 0.2) is 0 Å². The molecule has 5 N–H and O–H groups in total. The third-order valence-electron chi connectivity index (χ3n) is 6.77. The number of anilines is 1. The average Bonchev–Trinajstić information content (AvgIpc) is 3.83. The lowest BCUT2D eigenvalue weighted by Crippen LogP contribution is -2.52. The molecule has 0 bridgehead atoms. The maximum absolute atomic E-state index is 14.9. The second-order valence-electron chi connectivity index (χ2n) is 9.51. The first kappa shape index (κ1) is 27.4. The maximum atomic E-state index is 14.9. The number of ether oxygens (including phenoxy) is 1. The molecule has 2 fully saturated rings. The predicted molar refractivity (Wildman–Crippen MR) is 134 cm³/mol. The van der Waals surface area contributed by atoms with Crippen LogP contribution in [0, 0.1) is 29.1 Å². The molecule has 2 amide bonds. The second-order valence-corrected chi connectivity index (χ2v) is 9.90. The highest BCUT2D eigenvalue weighted by Crippen LogP contribution is 2.50. The minimum absolute atomic E-state index is 0.0127. The summed E-state index contributed by atoms with van der Waals surface area (Å²) in [7, 11) is 1.40. The van der Waals surface area contributed by atoms with Gasteiger partial charge < -0.3 is 20.6 Å². The Hall–Kier alpha value is -3.65. The summed E-state index contributed by atoms with van der Waals surface area (Å²) in [6.45, 7) is 1.23. The lowest BCUT2D eigenvalue weighted by atomic mass is 9.88. The van der Waals surface area contributed by atoms with Crippen molar-refractivity contribution in [3.8, 4) is 0 Å². The van der Waals surface area contributed by atoms with Crippen molar-refractivity contribution in [1.82, 2.24) is 25.3 Å². The summed E-state index contributed by atoms with van der Waals surface area (Å²) >= 11 is 5.92. The monoisotopic (exact) mass is 550 g/mol. The number of amides is 2. The van der Waals surface area contributed by atoms with Gasteiger partial charge in [0.1, 0.15) is 34.3 Å². The van der Waals surface area contributed by atoms with Gasteiger partial charge in [-0.2, -0.15) is 9.49 Å². The first-order valence-electron chi connectivity index (χ1n) is 12.0. The van der Waals surface area contributed by atoms with Gasteiger partial charge in [-0.1, -0.05) is 16.8 Å². The Kier molecular flexibility index (Phi) is 8.21. The molecule has 2 heterocycles. The van der Waals surface area contributed by atoms with Crippen molar-refractivity contribution in [1.29, 1.82) is 5.41 Å². The van der Waals surface area contributed by atoms with Crippen LogP contribution < -0.4 is 16.2 Å². The van der Waals surface area contributed by atoms with Crippen LogP contribution in [0.1, 0.15) is 44.2 Å². The van der Waals surface area contributed by atoms with Crippen molar-refractivity contribution in [3.05, 3.63) is 39.3 Å². The molecular formula is C23H28ClFN8O5. The number of nitrogens with zero attached hydrogens (tertiary/aromatic N) is 4. The van der Waals surface area contributed by atoms with Gasteiger partial charge >= 0.3 is 0 Å². The summed E-state index contributed by atoms with van der Waals surface area (Å²) in [5.41, 5.74) is -1.50. The Labute approximate surface area is 221 Å². The van der Waals surface area contributed by atoms with Crippen molar-refractivity contribution in [3.63, 3.8) is 0 Å². The van der Waals surface area contributed by atoms with Crippen LogP contribution in [0.5, 0.6) is 0 Å². The highest BCUT2D eigenvalue weighted by molar-refractivity contribution is 6.65. The van der Waals surface area contributed by atoms with E-state index in [1.165, 1.54) is 26.3 Å². The van der Waals surface area contributed by atoms with E-state index >= 15 is 0 Å². The van der Waals surface area contributed by atoms with Crippen LogP contribution in [0.15, 0.2) is 22.2 Å². The average molecular weight is 551 g/mol. The molecule has 204 valence electrons. The topological polar surface area (TPSA) is 187 Å². The van der Waals surface area contributed by atoms with Crippen molar-refractivity contribution >= 4 is 40.5 Å². The summed E-state index contributed by atoms with van der Waals surface area (Å²) in [5.74, 6) is -2.29. The second kappa shape index (κ2) is 11.4. The maximum Gasteiger partial charge on any atom is 0.271 e. The molecule has 2 aromatic heterocycles. The van der Waals surface area contributed by atoms with Crippen molar-refractivity contribution < 1.29 is 23.9 Å². The molecule has 1 unspecified atom stereocenters. The number of carbonyl (C=O) groups excluding carboxylic acids is 2. The van der Waals surface area contributed by atoms with Gasteiger partial charge in [-0.15, -0.1) is 5.10 Å². The van der Waals surface area contributed by atoms with Crippen molar-refractivity contribution in [2.45, 2.75) is 44.7 Å². The fourth-order valence-corrected chi connectivity index (χ4v) is 4.75. The lowest BCUT2D eigenvalue weighted by molar-refractivity contribution is -0.124. The summed E-state index contributed by atoms with van der Waals surface area (Å²) in [4.78, 5) is 38.5. The zero-order chi connectivity index (χ0) is 27.6. The fraction of sp³-hybridized carbons (Fsp3) is 0.522. The third kappa shape index (κ3) is 6.07. The molecule has 2 aromatic rings. The molecule has 0 saturated heterocycles. The molecule has 2 aliphatic carbocycles. The number of carbonyl (C=O) groups is 2. The van der Waals surface area contributed by atoms with E-state index in [4.69, 9.17) is 27.0 Å². The van der Waals surface area contributed by atoms with Crippen LogP contribution in [0.2, 0.25) is 5.15 Å². The summed E-state index contributed by atoms with van der Waals surface area (Å²) < 4.78 is 21.3. The van der Waals surface area contributed by atoms with E-state index in [9.17, 15) is 18.8 Å². The number of H-pyrrole nitrogens is 1. The zero-order valence-corrected chi connectivity index (χ0v) is 21.5. The van der Waals surface area contributed by atoms with Crippen LogP contribution in [-0.2, 0) is 14.3 Å². The number of aromatic nitrogens is 4. The Balaban J connectivity index is 1.60. The van der Waals surface area contributed by atoms with Crippen LogP contribution >= 0.6 is 11.6 Å². The lowest BCUT2D eigenvalue weighted by Gasteiger charge is -2.27. The van der Waals surface area contributed by atoms with Gasteiger partial charge in [0.05, 0.1) is 12.8 Å². The number of hydrogen-bond acceptors (Lipinski definition) is 9. The molecule has 4 rings (SSSR count). The zero-order valence-electron chi connectivity index (χ0n) is 20.7. The minimum atomic E-state index is -1.05. The Morgan fingerprint density at radius 2 is 2.03 bits per heavy atom. The van der Waals surface area contributed by atoms with Gasteiger partial charge in [0.2, 0.25) is 5.91 Å². The van der Waals surface area contributed by atoms with Crippen LogP contribution in [-0.4, -0.2) is 68.2 Å². The standard InChI is InChI=1S/C23H28ClFN8O5/c1-10(32-37)18(26)22(35)28-19(17(11-3-4-11)12-5-6-12)23(36)27-14-8-33(31-20(14)25)15(9-38-2)13-7-16(24)29-30-21(13)34/h7-8,11-12,15,17,19,26,37H,3-6,9H2,1-2H3,(H,27,36)(H,28,35)(H,30,34)/b26-18?,32-10-/t15?,19-/m0/s1. The van der Waals surface area contributed by atoms with E-state index in [0.29, 0.717) is 0 Å². The normalized spacial score (nSPS) is 17.2. The fourth-order valence-electron chi connectivity index (χ4n) is 4.59. The molecule has 0 aliphatic heterocycles. The van der Waals surface area contributed by atoms with E-state index in [0.717, 1.165) is 30.4 Å². The number of oxime groups is 1. The van der Waals surface area contributed by atoms with Gasteiger partial charge in [-0.3, -0.25) is 24.5 Å². The number of methoxy groups -OCH3 is 1.